The van der Waals surface area contributed by atoms with Crippen LogP contribution in [0.3, 0.4) is 0 Å². The van der Waals surface area contributed by atoms with E-state index in [2.05, 4.69) is 0 Å². The second kappa shape index (κ2) is 17.7. The van der Waals surface area contributed by atoms with Crippen molar-refractivity contribution in [2.24, 2.45) is 5.92 Å². The number of carbonyl (C=O) groups excluding carboxylic acids is 4. The molecule has 1 fully saturated rings. The fourth-order valence-electron chi connectivity index (χ4n) is 5.58. The average Bonchev–Trinajstić information content (AvgIpc) is 3.15. The first-order chi connectivity index (χ1) is 24.3. The highest BCUT2D eigenvalue weighted by Gasteiger charge is 2.29. The molecule has 1 unspecified atom stereocenters. The van der Waals surface area contributed by atoms with Gasteiger partial charge >= 0.3 is 23.9 Å². The molecule has 5 rings (SSSR count). The van der Waals surface area contributed by atoms with E-state index in [0.717, 1.165) is 32.1 Å². The van der Waals surface area contributed by atoms with Gasteiger partial charge in [-0.1, -0.05) is 19.3 Å². The van der Waals surface area contributed by atoms with E-state index in [1.54, 1.807) is 48.5 Å². The van der Waals surface area contributed by atoms with Crippen molar-refractivity contribution in [1.82, 2.24) is 0 Å². The largest absolute Gasteiger partial charge is 0.494 e. The molecular weight excluding hydrogens is 640 g/mol. The van der Waals surface area contributed by atoms with Crippen LogP contribution in [-0.2, 0) is 9.47 Å². The van der Waals surface area contributed by atoms with Gasteiger partial charge in [0.25, 0.3) is 0 Å². The number of ether oxygens (including phenoxy) is 6. The predicted octanol–water partition coefficient (Wildman–Crippen LogP) is 7.89. The minimum Gasteiger partial charge on any atom is -0.494 e. The summed E-state index contributed by atoms with van der Waals surface area (Å²) in [7, 11) is 0. The quantitative estimate of drug-likeness (QED) is 0.0960. The normalized spacial score (nSPS) is 13.4. The molecule has 1 atom stereocenters. The Kier molecular flexibility index (Phi) is 12.6. The lowest BCUT2D eigenvalue weighted by Crippen LogP contribution is -2.33. The van der Waals surface area contributed by atoms with Crippen LogP contribution in [0.2, 0.25) is 0 Å². The second-order valence-corrected chi connectivity index (χ2v) is 11.7. The Bertz CT molecular complexity index is 1720. The lowest BCUT2D eigenvalue weighted by atomic mass is 9.85. The molecule has 4 aromatic carbocycles. The van der Waals surface area contributed by atoms with Crippen molar-refractivity contribution in [3.8, 4) is 23.0 Å². The molecule has 0 bridgehead atoms. The molecule has 0 spiro atoms. The molecule has 1 saturated carbocycles. The van der Waals surface area contributed by atoms with Gasteiger partial charge in [-0.3, -0.25) is 0 Å². The van der Waals surface area contributed by atoms with Gasteiger partial charge in [0.2, 0.25) is 0 Å². The van der Waals surface area contributed by atoms with E-state index in [-0.39, 0.29) is 35.2 Å². The molecule has 260 valence electrons. The van der Waals surface area contributed by atoms with Gasteiger partial charge in [0.15, 0.2) is 0 Å². The summed E-state index contributed by atoms with van der Waals surface area (Å²) < 4.78 is 33.2. The lowest BCUT2D eigenvalue weighted by molar-refractivity contribution is -0.0247. The molecule has 4 aromatic rings. The van der Waals surface area contributed by atoms with Crippen LogP contribution >= 0.6 is 0 Å². The first-order valence-corrected chi connectivity index (χ1v) is 16.8. The highest BCUT2D eigenvalue weighted by molar-refractivity contribution is 5.93. The fraction of sp³-hybridized carbons (Fsp3) is 0.300. The van der Waals surface area contributed by atoms with Crippen molar-refractivity contribution < 1.29 is 47.6 Å². The molecule has 1 aliphatic carbocycles. The molecule has 10 nitrogen and oxygen atoms in total. The van der Waals surface area contributed by atoms with E-state index in [1.165, 1.54) is 48.5 Å². The zero-order chi connectivity index (χ0) is 35.3. The molecule has 0 N–H and O–H groups in total. The molecule has 50 heavy (non-hydrogen) atoms. The molecule has 0 saturated heterocycles. The number of rotatable bonds is 14. The van der Waals surface area contributed by atoms with E-state index in [1.807, 2.05) is 13.8 Å². The molecule has 0 radical (unpaired) electrons. The van der Waals surface area contributed by atoms with Gasteiger partial charge in [0, 0.05) is 0 Å². The standard InChI is InChI=1S/C40H40O10/c1-3-45-32-18-10-29(11-19-32)38(42)48-34-22-14-28(15-23-34)37(41)47-26-36(27-8-6-5-7-9-27)50-40(44)31-16-24-35(25-17-31)49-39(43)30-12-20-33(21-13-30)46-4-2/h10-25,27,36H,3-9,26H2,1-2H3. The maximum atomic E-state index is 13.2. The minimum atomic E-state index is -0.641. The van der Waals surface area contributed by atoms with Crippen molar-refractivity contribution in [3.05, 3.63) is 119 Å². The lowest BCUT2D eigenvalue weighted by Gasteiger charge is -2.29. The van der Waals surface area contributed by atoms with Crippen molar-refractivity contribution in [2.75, 3.05) is 19.8 Å². The first kappa shape index (κ1) is 35.7. The van der Waals surface area contributed by atoms with E-state index in [4.69, 9.17) is 28.4 Å². The monoisotopic (exact) mass is 680 g/mol. The van der Waals surface area contributed by atoms with Crippen molar-refractivity contribution in [1.29, 1.82) is 0 Å². The highest BCUT2D eigenvalue weighted by atomic mass is 16.6. The summed E-state index contributed by atoms with van der Waals surface area (Å²) in [5, 5.41) is 0. The molecule has 10 heteroatoms. The first-order valence-electron chi connectivity index (χ1n) is 16.8. The van der Waals surface area contributed by atoms with E-state index in [9.17, 15) is 19.2 Å². The van der Waals surface area contributed by atoms with Crippen molar-refractivity contribution >= 4 is 23.9 Å². The summed E-state index contributed by atoms with van der Waals surface area (Å²) in [5.41, 5.74) is 1.25. The number of esters is 4. The van der Waals surface area contributed by atoms with Crippen molar-refractivity contribution in [3.63, 3.8) is 0 Å². The molecule has 0 aromatic heterocycles. The fourth-order valence-corrected chi connectivity index (χ4v) is 5.58. The maximum Gasteiger partial charge on any atom is 0.343 e. The zero-order valence-electron chi connectivity index (χ0n) is 28.1. The predicted molar refractivity (Wildman–Crippen MR) is 184 cm³/mol. The highest BCUT2D eigenvalue weighted by Crippen LogP contribution is 2.29. The SMILES string of the molecule is CCOc1ccc(C(=O)Oc2ccc(C(=O)OCC(OC(=O)c3ccc(OC(=O)c4ccc(OCC)cc4)cc3)C3CCCCC3)cc2)cc1. The topological polar surface area (TPSA) is 124 Å². The Labute approximate surface area is 291 Å². The Morgan fingerprint density at radius 2 is 0.900 bits per heavy atom. The van der Waals surface area contributed by atoms with Gasteiger partial charge in [-0.2, -0.15) is 0 Å². The Hall–Kier alpha value is -5.64. The van der Waals surface area contributed by atoms with Gasteiger partial charge in [0.1, 0.15) is 35.7 Å². The third kappa shape index (κ3) is 9.95. The van der Waals surface area contributed by atoms with Crippen molar-refractivity contribution in [2.45, 2.75) is 52.1 Å². The van der Waals surface area contributed by atoms with Crippen LogP contribution in [0.25, 0.3) is 0 Å². The molecular formula is C40H40O10. The summed E-state index contributed by atoms with van der Waals surface area (Å²) in [4.78, 5) is 51.3. The summed E-state index contributed by atoms with van der Waals surface area (Å²) in [6.07, 6.45) is 4.16. The molecule has 0 aliphatic heterocycles. The number of hydrogen-bond donors (Lipinski definition) is 0. The van der Waals surface area contributed by atoms with Crippen LogP contribution in [-0.4, -0.2) is 49.8 Å². The average molecular weight is 681 g/mol. The van der Waals surface area contributed by atoms with Crippen LogP contribution in [0.15, 0.2) is 97.1 Å². The third-order valence-corrected chi connectivity index (χ3v) is 8.22. The summed E-state index contributed by atoms with van der Waals surface area (Å²) in [5.74, 6) is -0.348. The van der Waals surface area contributed by atoms with Crippen LogP contribution in [0.1, 0.15) is 87.4 Å². The molecule has 1 aliphatic rings. The maximum absolute atomic E-state index is 13.2. The molecule has 0 heterocycles. The van der Waals surface area contributed by atoms with E-state index >= 15 is 0 Å². The van der Waals surface area contributed by atoms with Crippen LogP contribution in [0.4, 0.5) is 0 Å². The summed E-state index contributed by atoms with van der Waals surface area (Å²) in [6, 6.07) is 25.4. The van der Waals surface area contributed by atoms with Gasteiger partial charge < -0.3 is 28.4 Å². The third-order valence-electron chi connectivity index (χ3n) is 8.22. The Balaban J connectivity index is 1.15. The number of benzene rings is 4. The van der Waals surface area contributed by atoms with E-state index in [0.29, 0.717) is 35.8 Å². The summed E-state index contributed by atoms with van der Waals surface area (Å²) >= 11 is 0. The summed E-state index contributed by atoms with van der Waals surface area (Å²) in [6.45, 7) is 4.69. The van der Waals surface area contributed by atoms with Gasteiger partial charge in [0.05, 0.1) is 35.5 Å². The van der Waals surface area contributed by atoms with Crippen LogP contribution in [0, 0.1) is 5.92 Å². The van der Waals surface area contributed by atoms with Gasteiger partial charge in [-0.15, -0.1) is 0 Å². The number of carbonyl (C=O) groups is 4. The zero-order valence-corrected chi connectivity index (χ0v) is 28.1. The number of hydrogen-bond acceptors (Lipinski definition) is 10. The second-order valence-electron chi connectivity index (χ2n) is 11.7. The smallest absolute Gasteiger partial charge is 0.343 e. The van der Waals surface area contributed by atoms with Crippen LogP contribution < -0.4 is 18.9 Å². The van der Waals surface area contributed by atoms with Crippen LogP contribution in [0.5, 0.6) is 23.0 Å². The van der Waals surface area contributed by atoms with Gasteiger partial charge in [-0.25, -0.2) is 19.2 Å². The Morgan fingerprint density at radius 3 is 1.32 bits per heavy atom. The van der Waals surface area contributed by atoms with E-state index < -0.39 is 30.0 Å². The Morgan fingerprint density at radius 1 is 0.520 bits per heavy atom. The minimum absolute atomic E-state index is 0.0410. The van der Waals surface area contributed by atoms with Gasteiger partial charge in [-0.05, 0) is 130 Å². The molecule has 0 amide bonds.